The third-order valence-electron chi connectivity index (χ3n) is 3.80. The van der Waals surface area contributed by atoms with Crippen LogP contribution in [-0.4, -0.2) is 19.2 Å². The molecule has 0 amide bonds. The van der Waals surface area contributed by atoms with Gasteiger partial charge in [0.15, 0.2) is 11.5 Å². The lowest BCUT2D eigenvalue weighted by atomic mass is 10.1. The first-order chi connectivity index (χ1) is 11.1. The molecule has 0 spiro atoms. The van der Waals surface area contributed by atoms with Crippen LogP contribution in [0, 0.1) is 13.8 Å². The molecular formula is C19H19NO2S. The van der Waals surface area contributed by atoms with Crippen LogP contribution in [0.1, 0.15) is 11.1 Å². The van der Waals surface area contributed by atoms with Crippen LogP contribution in [0.5, 0.6) is 11.5 Å². The lowest BCUT2D eigenvalue weighted by Gasteiger charge is -2.08. The number of hydrogen-bond donors (Lipinski definition) is 0. The second kappa shape index (κ2) is 6.42. The van der Waals surface area contributed by atoms with Crippen LogP contribution in [0.3, 0.4) is 0 Å². The molecule has 3 rings (SSSR count). The summed E-state index contributed by atoms with van der Waals surface area (Å²) < 4.78 is 10.7. The van der Waals surface area contributed by atoms with E-state index in [0.29, 0.717) is 5.75 Å². The summed E-state index contributed by atoms with van der Waals surface area (Å²) in [7, 11) is 3.28. The number of rotatable bonds is 4. The van der Waals surface area contributed by atoms with E-state index < -0.39 is 0 Å². The number of aromatic nitrogens is 1. The Hall–Kier alpha value is -2.33. The van der Waals surface area contributed by atoms with E-state index in [1.54, 1.807) is 25.6 Å². The first-order valence-electron chi connectivity index (χ1n) is 7.38. The van der Waals surface area contributed by atoms with Crippen LogP contribution in [0.2, 0.25) is 0 Å². The summed E-state index contributed by atoms with van der Waals surface area (Å²) in [6.07, 6.45) is 0. The highest BCUT2D eigenvalue weighted by atomic mass is 32.1. The van der Waals surface area contributed by atoms with Crippen LogP contribution in [0.4, 0.5) is 0 Å². The third-order valence-corrected chi connectivity index (χ3v) is 4.67. The van der Waals surface area contributed by atoms with Crippen molar-refractivity contribution in [2.75, 3.05) is 14.2 Å². The van der Waals surface area contributed by atoms with Crippen molar-refractivity contribution in [2.45, 2.75) is 13.8 Å². The van der Waals surface area contributed by atoms with E-state index in [4.69, 9.17) is 14.5 Å². The van der Waals surface area contributed by atoms with Crippen LogP contribution in [0.25, 0.3) is 21.8 Å². The van der Waals surface area contributed by atoms with Crippen molar-refractivity contribution >= 4 is 11.3 Å². The molecule has 2 aromatic carbocycles. The Morgan fingerprint density at radius 1 is 0.913 bits per heavy atom. The molecule has 0 saturated heterocycles. The maximum atomic E-state index is 5.37. The zero-order chi connectivity index (χ0) is 16.4. The van der Waals surface area contributed by atoms with Crippen molar-refractivity contribution in [3.63, 3.8) is 0 Å². The number of thiazole rings is 1. The molecule has 0 aliphatic heterocycles. The molecule has 0 aliphatic carbocycles. The zero-order valence-electron chi connectivity index (χ0n) is 13.7. The number of ether oxygens (including phenoxy) is 2. The van der Waals surface area contributed by atoms with Gasteiger partial charge in [0, 0.05) is 16.5 Å². The fraction of sp³-hybridized carbons (Fsp3) is 0.211. The molecule has 0 bridgehead atoms. The second-order valence-electron chi connectivity index (χ2n) is 5.43. The summed E-state index contributed by atoms with van der Waals surface area (Å²) in [5.41, 5.74) is 5.68. The fourth-order valence-electron chi connectivity index (χ4n) is 2.58. The monoisotopic (exact) mass is 325 g/mol. The van der Waals surface area contributed by atoms with Gasteiger partial charge in [-0.05, 0) is 37.6 Å². The molecule has 0 N–H and O–H groups in total. The Morgan fingerprint density at radius 3 is 2.39 bits per heavy atom. The SMILES string of the molecule is COc1ccc(-c2csc(-c3ccc(C)cc3C)n2)cc1OC. The van der Waals surface area contributed by atoms with Crippen LogP contribution >= 0.6 is 11.3 Å². The summed E-state index contributed by atoms with van der Waals surface area (Å²) in [4.78, 5) is 4.79. The van der Waals surface area contributed by atoms with Crippen molar-refractivity contribution in [3.05, 3.63) is 52.9 Å². The quantitative estimate of drug-likeness (QED) is 0.668. The molecule has 0 atom stereocenters. The standard InChI is InChI=1S/C19H19NO2S/c1-12-5-7-15(13(2)9-12)19-20-16(11-23-19)14-6-8-17(21-3)18(10-14)22-4/h5-11H,1-4H3. The first-order valence-corrected chi connectivity index (χ1v) is 8.26. The van der Waals surface area contributed by atoms with Gasteiger partial charge in [0.2, 0.25) is 0 Å². The Balaban J connectivity index is 1.99. The third kappa shape index (κ3) is 3.08. The molecule has 0 radical (unpaired) electrons. The van der Waals surface area contributed by atoms with Gasteiger partial charge in [-0.3, -0.25) is 0 Å². The van der Waals surface area contributed by atoms with Gasteiger partial charge in [0.25, 0.3) is 0 Å². The molecule has 0 aliphatic rings. The average molecular weight is 325 g/mol. The number of methoxy groups -OCH3 is 2. The highest BCUT2D eigenvalue weighted by Gasteiger charge is 2.11. The highest BCUT2D eigenvalue weighted by Crippen LogP contribution is 2.35. The minimum atomic E-state index is 0.714. The van der Waals surface area contributed by atoms with Crippen molar-refractivity contribution in [3.8, 4) is 33.3 Å². The molecule has 23 heavy (non-hydrogen) atoms. The van der Waals surface area contributed by atoms with Crippen LogP contribution in [0.15, 0.2) is 41.8 Å². The number of hydrogen-bond acceptors (Lipinski definition) is 4. The average Bonchev–Trinajstić information content (AvgIpc) is 3.03. The van der Waals surface area contributed by atoms with E-state index in [0.717, 1.165) is 22.0 Å². The predicted octanol–water partition coefficient (Wildman–Crippen LogP) is 5.11. The molecule has 1 heterocycles. The Labute approximate surface area is 140 Å². The number of nitrogens with zero attached hydrogens (tertiary/aromatic N) is 1. The normalized spacial score (nSPS) is 10.6. The highest BCUT2D eigenvalue weighted by molar-refractivity contribution is 7.13. The van der Waals surface area contributed by atoms with Crippen molar-refractivity contribution in [1.82, 2.24) is 4.98 Å². The van der Waals surface area contributed by atoms with Crippen molar-refractivity contribution < 1.29 is 9.47 Å². The fourth-order valence-corrected chi connectivity index (χ4v) is 3.50. The molecule has 3 nitrogen and oxygen atoms in total. The minimum absolute atomic E-state index is 0.714. The lowest BCUT2D eigenvalue weighted by molar-refractivity contribution is 0.355. The molecule has 1 aromatic heterocycles. The summed E-state index contributed by atoms with van der Waals surface area (Å²) in [5.74, 6) is 1.44. The zero-order valence-corrected chi connectivity index (χ0v) is 14.5. The van der Waals surface area contributed by atoms with Gasteiger partial charge in [-0.15, -0.1) is 11.3 Å². The van der Waals surface area contributed by atoms with Crippen LogP contribution < -0.4 is 9.47 Å². The number of benzene rings is 2. The van der Waals surface area contributed by atoms with Crippen molar-refractivity contribution in [2.24, 2.45) is 0 Å². The van der Waals surface area contributed by atoms with E-state index in [2.05, 4.69) is 37.4 Å². The molecule has 4 heteroatoms. The summed E-state index contributed by atoms with van der Waals surface area (Å²) >= 11 is 1.66. The Morgan fingerprint density at radius 2 is 1.70 bits per heavy atom. The largest absolute Gasteiger partial charge is 0.493 e. The molecule has 118 valence electrons. The van der Waals surface area contributed by atoms with E-state index >= 15 is 0 Å². The van der Waals surface area contributed by atoms with Crippen LogP contribution in [-0.2, 0) is 0 Å². The van der Waals surface area contributed by atoms with E-state index in [9.17, 15) is 0 Å². The molecule has 0 saturated carbocycles. The van der Waals surface area contributed by atoms with E-state index in [1.807, 2.05) is 18.2 Å². The predicted molar refractivity (Wildman–Crippen MR) is 95.6 cm³/mol. The lowest BCUT2D eigenvalue weighted by Crippen LogP contribution is -1.91. The minimum Gasteiger partial charge on any atom is -0.493 e. The summed E-state index contributed by atoms with van der Waals surface area (Å²) in [6.45, 7) is 4.23. The molecular weight excluding hydrogens is 306 g/mol. The Kier molecular flexibility index (Phi) is 4.35. The molecule has 0 unspecified atom stereocenters. The second-order valence-corrected chi connectivity index (χ2v) is 6.28. The van der Waals surface area contributed by atoms with Gasteiger partial charge in [0.05, 0.1) is 19.9 Å². The van der Waals surface area contributed by atoms with Gasteiger partial charge in [-0.2, -0.15) is 0 Å². The summed E-state index contributed by atoms with van der Waals surface area (Å²) in [5, 5.41) is 3.11. The van der Waals surface area contributed by atoms with Gasteiger partial charge in [0.1, 0.15) is 5.01 Å². The molecule has 3 aromatic rings. The molecule has 0 fully saturated rings. The smallest absolute Gasteiger partial charge is 0.161 e. The maximum Gasteiger partial charge on any atom is 0.161 e. The Bertz CT molecular complexity index is 839. The first kappa shape index (κ1) is 15.6. The van der Waals surface area contributed by atoms with Crippen molar-refractivity contribution in [1.29, 1.82) is 0 Å². The maximum absolute atomic E-state index is 5.37. The van der Waals surface area contributed by atoms with Gasteiger partial charge < -0.3 is 9.47 Å². The number of aryl methyl sites for hydroxylation is 2. The topological polar surface area (TPSA) is 31.4 Å². The van der Waals surface area contributed by atoms with Gasteiger partial charge in [-0.1, -0.05) is 23.8 Å². The summed E-state index contributed by atoms with van der Waals surface area (Å²) in [6, 6.07) is 12.3. The van der Waals surface area contributed by atoms with Gasteiger partial charge in [-0.25, -0.2) is 4.98 Å². The van der Waals surface area contributed by atoms with E-state index in [1.165, 1.54) is 16.7 Å². The van der Waals surface area contributed by atoms with E-state index in [-0.39, 0.29) is 0 Å². The van der Waals surface area contributed by atoms with Gasteiger partial charge >= 0.3 is 0 Å².